The summed E-state index contributed by atoms with van der Waals surface area (Å²) < 4.78 is 24.7. The van der Waals surface area contributed by atoms with Crippen molar-refractivity contribution in [2.75, 3.05) is 33.3 Å². The summed E-state index contributed by atoms with van der Waals surface area (Å²) in [4.78, 5) is 29.8. The molecule has 3 fully saturated rings. The standard InChI is InChI=1S/C35H43FN6O3/c1-21-30-9-8-25(35(44)40-12-4-5-28(37)20-40)19-42(30)38-32(21)31-16-26-15-27(36)17-29(33(26)41(31)18-23-6-7-23)24-10-13-39(14-11-24)34(43)22(2)45-3/h8-9,15-17,19,22-24,28H,4-7,10-14,18,20,37H2,1-3H3. The topological polar surface area (TPSA) is 98.1 Å². The number of rotatable bonds is 7. The number of aromatic nitrogens is 3. The smallest absolute Gasteiger partial charge is 0.255 e. The van der Waals surface area contributed by atoms with Gasteiger partial charge < -0.3 is 24.8 Å². The zero-order valence-electron chi connectivity index (χ0n) is 26.5. The van der Waals surface area contributed by atoms with Crippen LogP contribution in [0.5, 0.6) is 0 Å². The van der Waals surface area contributed by atoms with E-state index in [1.165, 1.54) is 12.8 Å². The molecular formula is C35H43FN6O3. The summed E-state index contributed by atoms with van der Waals surface area (Å²) in [6.07, 6.45) is 7.13. The number of carbonyl (C=O) groups excluding carboxylic acids is 2. The van der Waals surface area contributed by atoms with Crippen LogP contribution >= 0.6 is 0 Å². The van der Waals surface area contributed by atoms with Crippen molar-refractivity contribution in [2.45, 2.75) is 77.0 Å². The molecule has 1 saturated carbocycles. The van der Waals surface area contributed by atoms with E-state index >= 15 is 4.39 Å². The van der Waals surface area contributed by atoms with Crippen molar-refractivity contribution in [3.63, 3.8) is 0 Å². The van der Waals surface area contributed by atoms with Gasteiger partial charge in [-0.2, -0.15) is 5.10 Å². The van der Waals surface area contributed by atoms with Gasteiger partial charge in [-0.25, -0.2) is 8.91 Å². The minimum atomic E-state index is -0.466. The molecule has 1 aliphatic carbocycles. The van der Waals surface area contributed by atoms with Crippen molar-refractivity contribution >= 4 is 28.2 Å². The van der Waals surface area contributed by atoms with Crippen LogP contribution in [-0.4, -0.2) is 81.2 Å². The number of ether oxygens (including phenoxy) is 1. The van der Waals surface area contributed by atoms with Crippen LogP contribution in [0.25, 0.3) is 27.8 Å². The van der Waals surface area contributed by atoms with Gasteiger partial charge in [-0.3, -0.25) is 9.59 Å². The molecule has 1 aromatic carbocycles. The largest absolute Gasteiger partial charge is 0.372 e. The van der Waals surface area contributed by atoms with E-state index in [4.69, 9.17) is 15.6 Å². The summed E-state index contributed by atoms with van der Waals surface area (Å²) in [7, 11) is 1.56. The van der Waals surface area contributed by atoms with Crippen molar-refractivity contribution < 1.29 is 18.7 Å². The van der Waals surface area contributed by atoms with Crippen LogP contribution in [0.4, 0.5) is 4.39 Å². The van der Waals surface area contributed by atoms with Gasteiger partial charge in [0.25, 0.3) is 11.8 Å². The molecule has 4 aromatic rings. The lowest BCUT2D eigenvalue weighted by atomic mass is 9.88. The van der Waals surface area contributed by atoms with Gasteiger partial charge in [-0.15, -0.1) is 0 Å². The number of nitrogens with two attached hydrogens (primary N) is 1. The van der Waals surface area contributed by atoms with Gasteiger partial charge >= 0.3 is 0 Å². The average molecular weight is 615 g/mol. The number of pyridine rings is 1. The first-order valence-corrected chi connectivity index (χ1v) is 16.4. The molecule has 10 heteroatoms. The maximum Gasteiger partial charge on any atom is 0.255 e. The molecule has 3 aromatic heterocycles. The fourth-order valence-corrected chi connectivity index (χ4v) is 7.35. The Morgan fingerprint density at radius 2 is 1.84 bits per heavy atom. The van der Waals surface area contributed by atoms with Crippen LogP contribution in [0.2, 0.25) is 0 Å². The van der Waals surface area contributed by atoms with E-state index in [1.54, 1.807) is 26.2 Å². The lowest BCUT2D eigenvalue weighted by Crippen LogP contribution is -2.45. The maximum atomic E-state index is 15.2. The monoisotopic (exact) mass is 614 g/mol. The highest BCUT2D eigenvalue weighted by molar-refractivity contribution is 5.95. The van der Waals surface area contributed by atoms with Gasteiger partial charge in [0.2, 0.25) is 0 Å². The van der Waals surface area contributed by atoms with Crippen LogP contribution < -0.4 is 5.73 Å². The number of fused-ring (bicyclic) bond motifs is 2. The summed E-state index contributed by atoms with van der Waals surface area (Å²) in [6, 6.07) is 9.29. The van der Waals surface area contributed by atoms with Gasteiger partial charge in [0.15, 0.2) is 0 Å². The number of nitrogens with zero attached hydrogens (tertiary/aromatic N) is 5. The SMILES string of the molecule is COC(C)C(=O)N1CCC(c2cc(F)cc3cc(-c4nn5cc(C(=O)N6CCCC(N)C6)ccc5c4C)n(CC4CC4)c23)CC1. The van der Waals surface area contributed by atoms with E-state index in [9.17, 15) is 9.59 Å². The fraction of sp³-hybridized carbons (Fsp3) is 0.514. The van der Waals surface area contributed by atoms with E-state index in [-0.39, 0.29) is 29.6 Å². The van der Waals surface area contributed by atoms with Gasteiger partial charge in [0, 0.05) is 63.0 Å². The third-order valence-electron chi connectivity index (χ3n) is 10.2. The molecule has 2 unspecified atom stereocenters. The first-order valence-electron chi connectivity index (χ1n) is 16.4. The number of hydrogen-bond acceptors (Lipinski definition) is 5. The Labute approximate surface area is 263 Å². The Morgan fingerprint density at radius 3 is 2.56 bits per heavy atom. The number of halogens is 1. The van der Waals surface area contributed by atoms with Crippen LogP contribution in [0.3, 0.4) is 0 Å². The van der Waals surface area contributed by atoms with Crippen molar-refractivity contribution in [3.8, 4) is 11.4 Å². The Kier molecular flexibility index (Phi) is 7.90. The van der Waals surface area contributed by atoms with E-state index in [2.05, 4.69) is 17.6 Å². The zero-order chi connectivity index (χ0) is 31.4. The summed E-state index contributed by atoms with van der Waals surface area (Å²) in [5.41, 5.74) is 12.6. The molecule has 3 aliphatic rings. The first-order chi connectivity index (χ1) is 21.7. The molecule has 2 atom stereocenters. The number of aryl methyl sites for hydroxylation is 1. The molecule has 2 N–H and O–H groups in total. The normalized spacial score (nSPS) is 20.3. The number of hydrogen-bond donors (Lipinski definition) is 1. The minimum absolute atomic E-state index is 0.00594. The Bertz CT molecular complexity index is 1770. The molecular weight excluding hydrogens is 571 g/mol. The molecule has 0 bridgehead atoms. The molecule has 0 radical (unpaired) electrons. The van der Waals surface area contributed by atoms with E-state index < -0.39 is 6.10 Å². The average Bonchev–Trinajstić information content (AvgIpc) is 3.72. The molecule has 0 spiro atoms. The second-order valence-electron chi connectivity index (χ2n) is 13.4. The highest BCUT2D eigenvalue weighted by atomic mass is 19.1. The van der Waals surface area contributed by atoms with Crippen molar-refractivity contribution in [2.24, 2.45) is 11.7 Å². The number of benzene rings is 1. The van der Waals surface area contributed by atoms with Crippen LogP contribution in [-0.2, 0) is 16.1 Å². The van der Waals surface area contributed by atoms with Crippen LogP contribution in [0.15, 0.2) is 36.5 Å². The summed E-state index contributed by atoms with van der Waals surface area (Å²) >= 11 is 0. The number of amides is 2. The maximum absolute atomic E-state index is 15.2. The lowest BCUT2D eigenvalue weighted by Gasteiger charge is -2.34. The third kappa shape index (κ3) is 5.63. The third-order valence-corrected chi connectivity index (χ3v) is 10.2. The molecule has 45 heavy (non-hydrogen) atoms. The van der Waals surface area contributed by atoms with E-state index in [0.717, 1.165) is 77.7 Å². The number of piperidine rings is 2. The highest BCUT2D eigenvalue weighted by Crippen LogP contribution is 2.41. The van der Waals surface area contributed by atoms with Gasteiger partial charge in [-0.1, -0.05) is 0 Å². The molecule has 9 nitrogen and oxygen atoms in total. The van der Waals surface area contributed by atoms with Crippen LogP contribution in [0.1, 0.15) is 72.9 Å². The van der Waals surface area contributed by atoms with Crippen molar-refractivity contribution in [3.05, 3.63) is 59.0 Å². The van der Waals surface area contributed by atoms with Crippen molar-refractivity contribution in [1.29, 1.82) is 0 Å². The summed E-state index contributed by atoms with van der Waals surface area (Å²) in [5.74, 6) is 0.473. The van der Waals surface area contributed by atoms with Gasteiger partial charge in [0.1, 0.15) is 17.6 Å². The summed E-state index contributed by atoms with van der Waals surface area (Å²) in [5, 5.41) is 5.91. The van der Waals surface area contributed by atoms with E-state index in [0.29, 0.717) is 31.1 Å². The second kappa shape index (κ2) is 11.9. The Hall–Kier alpha value is -3.76. The Morgan fingerprint density at radius 1 is 1.07 bits per heavy atom. The van der Waals surface area contributed by atoms with Crippen molar-refractivity contribution in [1.82, 2.24) is 24.0 Å². The fourth-order valence-electron chi connectivity index (χ4n) is 7.35. The zero-order valence-corrected chi connectivity index (χ0v) is 26.5. The molecule has 2 aliphatic heterocycles. The molecule has 7 rings (SSSR count). The lowest BCUT2D eigenvalue weighted by molar-refractivity contribution is -0.142. The minimum Gasteiger partial charge on any atom is -0.372 e. The molecule has 5 heterocycles. The quantitative estimate of drug-likeness (QED) is 0.312. The molecule has 2 amide bonds. The van der Waals surface area contributed by atoms with E-state index in [1.807, 2.05) is 32.6 Å². The highest BCUT2D eigenvalue weighted by Gasteiger charge is 2.31. The second-order valence-corrected chi connectivity index (χ2v) is 13.4. The number of methoxy groups -OCH3 is 1. The summed E-state index contributed by atoms with van der Waals surface area (Å²) in [6.45, 7) is 7.24. The van der Waals surface area contributed by atoms with Gasteiger partial charge in [0.05, 0.1) is 22.3 Å². The number of carbonyl (C=O) groups is 2. The van der Waals surface area contributed by atoms with Gasteiger partial charge in [-0.05, 0) is 100 Å². The predicted molar refractivity (Wildman–Crippen MR) is 172 cm³/mol. The first kappa shape index (κ1) is 29.9. The molecule has 238 valence electrons. The molecule has 2 saturated heterocycles. The number of likely N-dealkylation sites (tertiary alicyclic amines) is 2. The Balaban J connectivity index is 1.26. The predicted octanol–water partition coefficient (Wildman–Crippen LogP) is 5.12. The van der Waals surface area contributed by atoms with Crippen LogP contribution in [0, 0.1) is 18.7 Å².